The second-order valence-corrected chi connectivity index (χ2v) is 6.92. The molecule has 1 aliphatic rings. The molecule has 0 aromatic rings. The molecule has 104 valence electrons. The van der Waals surface area contributed by atoms with E-state index in [1.807, 2.05) is 0 Å². The molecule has 2 unspecified atom stereocenters. The van der Waals surface area contributed by atoms with Gasteiger partial charge in [-0.05, 0) is 13.3 Å². The molecule has 1 rings (SSSR count). The number of nitrogens with two attached hydrogens (primary N) is 1. The zero-order valence-corrected chi connectivity index (χ0v) is 11.4. The molecule has 1 fully saturated rings. The lowest BCUT2D eigenvalue weighted by Gasteiger charge is -2.26. The van der Waals surface area contributed by atoms with E-state index < -0.39 is 15.8 Å². The van der Waals surface area contributed by atoms with Crippen molar-refractivity contribution in [2.75, 3.05) is 18.6 Å². The molecule has 0 radical (unpaired) electrons. The number of amides is 1. The monoisotopic (exact) mass is 277 g/mol. The van der Waals surface area contributed by atoms with Crippen LogP contribution in [0.15, 0.2) is 5.16 Å². The normalized spacial score (nSPS) is 24.8. The first-order valence-corrected chi connectivity index (χ1v) is 7.52. The number of carbonyl (C=O) groups excluding carboxylic acids is 1. The smallest absolute Gasteiger partial charge is 0.226 e. The minimum atomic E-state index is -3.06. The number of rotatable bonds is 4. The summed E-state index contributed by atoms with van der Waals surface area (Å²) in [5.41, 5.74) is 5.37. The van der Waals surface area contributed by atoms with Crippen molar-refractivity contribution >= 4 is 21.6 Å². The SMILES string of the molecule is CC(CC(N)=NO)N(C)C(=O)C1CCS(=O)(=O)C1. The van der Waals surface area contributed by atoms with Crippen LogP contribution in [-0.2, 0) is 14.6 Å². The summed E-state index contributed by atoms with van der Waals surface area (Å²) in [6.07, 6.45) is 0.625. The van der Waals surface area contributed by atoms with Crippen LogP contribution in [0.3, 0.4) is 0 Å². The van der Waals surface area contributed by atoms with E-state index in [9.17, 15) is 13.2 Å². The molecule has 1 aliphatic heterocycles. The number of hydrogen-bond acceptors (Lipinski definition) is 5. The van der Waals surface area contributed by atoms with Gasteiger partial charge in [-0.3, -0.25) is 4.79 Å². The zero-order chi connectivity index (χ0) is 13.9. The Morgan fingerprint density at radius 3 is 2.67 bits per heavy atom. The number of nitrogens with zero attached hydrogens (tertiary/aromatic N) is 2. The van der Waals surface area contributed by atoms with Crippen molar-refractivity contribution in [1.82, 2.24) is 4.90 Å². The molecular weight excluding hydrogens is 258 g/mol. The maximum absolute atomic E-state index is 12.1. The standard InChI is InChI=1S/C10H19N3O4S/c1-7(5-9(11)12-15)13(2)10(14)8-3-4-18(16,17)6-8/h7-8,15H,3-6H2,1-2H3,(H2,11,12). The molecule has 0 aromatic carbocycles. The van der Waals surface area contributed by atoms with E-state index in [2.05, 4.69) is 5.16 Å². The molecule has 0 spiro atoms. The van der Waals surface area contributed by atoms with E-state index in [1.54, 1.807) is 14.0 Å². The van der Waals surface area contributed by atoms with E-state index in [0.29, 0.717) is 6.42 Å². The molecule has 2 atom stereocenters. The first-order valence-electron chi connectivity index (χ1n) is 5.70. The van der Waals surface area contributed by atoms with Crippen molar-refractivity contribution in [1.29, 1.82) is 0 Å². The van der Waals surface area contributed by atoms with Gasteiger partial charge in [-0.2, -0.15) is 0 Å². The number of hydrogen-bond donors (Lipinski definition) is 2. The Labute approximate surface area is 107 Å². The summed E-state index contributed by atoms with van der Waals surface area (Å²) in [6, 6.07) is -0.239. The maximum Gasteiger partial charge on any atom is 0.226 e. The van der Waals surface area contributed by atoms with Gasteiger partial charge in [-0.1, -0.05) is 5.16 Å². The van der Waals surface area contributed by atoms with Crippen molar-refractivity contribution < 1.29 is 18.4 Å². The Balaban J connectivity index is 2.62. The molecule has 0 saturated carbocycles. The summed E-state index contributed by atoms with van der Waals surface area (Å²) in [5.74, 6) is -0.622. The van der Waals surface area contributed by atoms with E-state index in [4.69, 9.17) is 10.9 Å². The zero-order valence-electron chi connectivity index (χ0n) is 10.5. The molecule has 8 heteroatoms. The molecule has 7 nitrogen and oxygen atoms in total. The van der Waals surface area contributed by atoms with Gasteiger partial charge in [0, 0.05) is 19.5 Å². The van der Waals surface area contributed by atoms with Crippen molar-refractivity contribution in [3.05, 3.63) is 0 Å². The molecule has 1 saturated heterocycles. The number of carbonyl (C=O) groups is 1. The van der Waals surface area contributed by atoms with Crippen LogP contribution in [0.25, 0.3) is 0 Å². The van der Waals surface area contributed by atoms with E-state index >= 15 is 0 Å². The summed E-state index contributed by atoms with van der Waals surface area (Å²) in [6.45, 7) is 1.76. The Morgan fingerprint density at radius 1 is 1.61 bits per heavy atom. The first kappa shape index (κ1) is 14.7. The Morgan fingerprint density at radius 2 is 2.22 bits per heavy atom. The maximum atomic E-state index is 12.1. The molecule has 0 aliphatic carbocycles. The molecule has 18 heavy (non-hydrogen) atoms. The van der Waals surface area contributed by atoms with Crippen LogP contribution in [-0.4, -0.2) is 54.9 Å². The minimum Gasteiger partial charge on any atom is -0.409 e. The third-order valence-electron chi connectivity index (χ3n) is 3.22. The van der Waals surface area contributed by atoms with Crippen LogP contribution >= 0.6 is 0 Å². The van der Waals surface area contributed by atoms with Crippen LogP contribution in [0.5, 0.6) is 0 Å². The molecule has 0 bridgehead atoms. The second-order valence-electron chi connectivity index (χ2n) is 4.69. The predicted molar refractivity (Wildman–Crippen MR) is 67.0 cm³/mol. The number of amidine groups is 1. The first-order chi connectivity index (χ1) is 8.26. The van der Waals surface area contributed by atoms with Crippen LogP contribution < -0.4 is 5.73 Å². The molecule has 1 amide bonds. The summed E-state index contributed by atoms with van der Waals surface area (Å²) in [5, 5.41) is 11.3. The highest BCUT2D eigenvalue weighted by atomic mass is 32.2. The lowest BCUT2D eigenvalue weighted by molar-refractivity contribution is -0.135. The number of oxime groups is 1. The number of sulfone groups is 1. The highest BCUT2D eigenvalue weighted by Crippen LogP contribution is 2.21. The van der Waals surface area contributed by atoms with E-state index in [1.165, 1.54) is 4.90 Å². The topological polar surface area (TPSA) is 113 Å². The summed E-state index contributed by atoms with van der Waals surface area (Å²) in [4.78, 5) is 13.5. The predicted octanol–water partition coefficient (Wildman–Crippen LogP) is -0.595. The van der Waals surface area contributed by atoms with Gasteiger partial charge in [-0.25, -0.2) is 8.42 Å². The van der Waals surface area contributed by atoms with Gasteiger partial charge in [0.1, 0.15) is 5.84 Å². The Hall–Kier alpha value is -1.31. The summed E-state index contributed by atoms with van der Waals surface area (Å²) < 4.78 is 22.6. The fourth-order valence-electron chi connectivity index (χ4n) is 1.98. The Kier molecular flexibility index (Phi) is 4.55. The van der Waals surface area contributed by atoms with Crippen LogP contribution in [0.1, 0.15) is 19.8 Å². The molecule has 1 heterocycles. The summed E-state index contributed by atoms with van der Waals surface area (Å²) >= 11 is 0. The van der Waals surface area contributed by atoms with Crippen molar-refractivity contribution in [2.24, 2.45) is 16.8 Å². The lowest BCUT2D eigenvalue weighted by Crippen LogP contribution is -2.41. The average molecular weight is 277 g/mol. The molecule has 0 aromatic heterocycles. The fourth-order valence-corrected chi connectivity index (χ4v) is 3.71. The van der Waals surface area contributed by atoms with Gasteiger partial charge in [-0.15, -0.1) is 0 Å². The van der Waals surface area contributed by atoms with Gasteiger partial charge in [0.25, 0.3) is 0 Å². The van der Waals surface area contributed by atoms with Gasteiger partial charge in [0.15, 0.2) is 9.84 Å². The quantitative estimate of drug-likeness (QED) is 0.308. The van der Waals surface area contributed by atoms with E-state index in [0.717, 1.165) is 0 Å². The van der Waals surface area contributed by atoms with Gasteiger partial charge in [0.2, 0.25) is 5.91 Å². The molecular formula is C10H19N3O4S. The van der Waals surface area contributed by atoms with Crippen LogP contribution in [0, 0.1) is 5.92 Å². The van der Waals surface area contributed by atoms with Gasteiger partial charge >= 0.3 is 0 Å². The highest BCUT2D eigenvalue weighted by Gasteiger charge is 2.35. The third kappa shape index (κ3) is 3.59. The third-order valence-corrected chi connectivity index (χ3v) is 4.99. The van der Waals surface area contributed by atoms with Crippen molar-refractivity contribution in [3.63, 3.8) is 0 Å². The average Bonchev–Trinajstić information content (AvgIpc) is 2.67. The lowest BCUT2D eigenvalue weighted by atomic mass is 10.1. The fraction of sp³-hybridized carbons (Fsp3) is 0.800. The Bertz CT molecular complexity index is 446. The van der Waals surface area contributed by atoms with E-state index in [-0.39, 0.29) is 35.7 Å². The minimum absolute atomic E-state index is 0.0428. The highest BCUT2D eigenvalue weighted by molar-refractivity contribution is 7.91. The van der Waals surface area contributed by atoms with Crippen molar-refractivity contribution in [2.45, 2.75) is 25.8 Å². The van der Waals surface area contributed by atoms with Gasteiger partial charge < -0.3 is 15.8 Å². The van der Waals surface area contributed by atoms with Crippen molar-refractivity contribution in [3.8, 4) is 0 Å². The molecule has 3 N–H and O–H groups in total. The van der Waals surface area contributed by atoms with Gasteiger partial charge in [0.05, 0.1) is 17.4 Å². The largest absolute Gasteiger partial charge is 0.409 e. The summed E-state index contributed by atoms with van der Waals surface area (Å²) in [7, 11) is -1.46. The van der Waals surface area contributed by atoms with Crippen LogP contribution in [0.2, 0.25) is 0 Å². The second kappa shape index (κ2) is 5.55. The van der Waals surface area contributed by atoms with Crippen LogP contribution in [0.4, 0.5) is 0 Å².